The molecule has 0 fully saturated rings. The molecule has 0 saturated carbocycles. The highest BCUT2D eigenvalue weighted by atomic mass is 35.5. The van der Waals surface area contributed by atoms with E-state index in [0.29, 0.717) is 0 Å². The molecule has 0 amide bonds. The van der Waals surface area contributed by atoms with E-state index in [2.05, 4.69) is 64.9 Å². The summed E-state index contributed by atoms with van der Waals surface area (Å²) in [5, 5.41) is 5.26. The van der Waals surface area contributed by atoms with Crippen molar-refractivity contribution in [2.45, 2.75) is 27.3 Å². The summed E-state index contributed by atoms with van der Waals surface area (Å²) in [5.74, 6) is 0.856. The van der Waals surface area contributed by atoms with Gasteiger partial charge in [-0.3, -0.25) is 4.57 Å². The van der Waals surface area contributed by atoms with Crippen LogP contribution < -0.4 is 5.32 Å². The van der Waals surface area contributed by atoms with Crippen LogP contribution in [-0.2, 0) is 6.54 Å². The van der Waals surface area contributed by atoms with Crippen LogP contribution in [0.25, 0.3) is 16.7 Å². The van der Waals surface area contributed by atoms with Crippen molar-refractivity contribution in [3.05, 3.63) is 82.3 Å². The molecule has 2 aromatic heterocycles. The van der Waals surface area contributed by atoms with E-state index in [-0.39, 0.29) is 0 Å². The van der Waals surface area contributed by atoms with Crippen molar-refractivity contribution in [1.82, 2.24) is 14.5 Å². The molecule has 0 aliphatic heterocycles. The van der Waals surface area contributed by atoms with Gasteiger partial charge in [0.25, 0.3) is 0 Å². The summed E-state index contributed by atoms with van der Waals surface area (Å²) in [7, 11) is 0. The number of benzene rings is 2. The van der Waals surface area contributed by atoms with Gasteiger partial charge in [0.2, 0.25) is 0 Å². The number of nitrogens with zero attached hydrogens (tertiary/aromatic N) is 3. The van der Waals surface area contributed by atoms with E-state index in [9.17, 15) is 0 Å². The Kier molecular flexibility index (Phi) is 4.58. The van der Waals surface area contributed by atoms with Gasteiger partial charge in [-0.25, -0.2) is 9.97 Å². The summed E-state index contributed by atoms with van der Waals surface area (Å²) in [5.41, 5.74) is 6.74. The van der Waals surface area contributed by atoms with Crippen LogP contribution in [0.4, 0.5) is 5.82 Å². The first-order chi connectivity index (χ1) is 13.0. The van der Waals surface area contributed by atoms with Crippen molar-refractivity contribution in [2.75, 3.05) is 5.32 Å². The maximum Gasteiger partial charge on any atom is 0.150 e. The molecule has 2 heterocycles. The number of anilines is 1. The Morgan fingerprint density at radius 2 is 1.78 bits per heavy atom. The Bertz CT molecular complexity index is 1110. The van der Waals surface area contributed by atoms with Crippen molar-refractivity contribution in [3.8, 4) is 5.69 Å². The number of hydrogen-bond donors (Lipinski definition) is 1. The van der Waals surface area contributed by atoms with Crippen molar-refractivity contribution in [3.63, 3.8) is 0 Å². The van der Waals surface area contributed by atoms with Crippen LogP contribution in [-0.4, -0.2) is 14.5 Å². The zero-order valence-electron chi connectivity index (χ0n) is 15.6. The van der Waals surface area contributed by atoms with Crippen LogP contribution in [0.1, 0.15) is 22.4 Å². The second kappa shape index (κ2) is 7.05. The van der Waals surface area contributed by atoms with E-state index in [1.807, 2.05) is 24.3 Å². The highest BCUT2D eigenvalue weighted by Gasteiger charge is 2.17. The first-order valence-electron chi connectivity index (χ1n) is 8.92. The molecule has 5 heteroatoms. The standard InChI is InChI=1S/C22H21ClN4/c1-14-5-4-6-17(11-14)12-24-21-20-15(2)16(3)27(22(20)26-13-25-21)19-9-7-18(23)8-10-19/h4-11,13H,12H2,1-3H3,(H,24,25,26). The summed E-state index contributed by atoms with van der Waals surface area (Å²) >= 11 is 6.05. The van der Waals surface area contributed by atoms with Gasteiger partial charge in [-0.05, 0) is 56.2 Å². The molecule has 4 aromatic rings. The third-order valence-electron chi connectivity index (χ3n) is 4.92. The smallest absolute Gasteiger partial charge is 0.150 e. The SMILES string of the molecule is Cc1cccc(CNc2ncnc3c2c(C)c(C)n3-c2ccc(Cl)cc2)c1. The number of hydrogen-bond acceptors (Lipinski definition) is 3. The molecule has 1 N–H and O–H groups in total. The minimum Gasteiger partial charge on any atom is -0.365 e. The maximum absolute atomic E-state index is 6.05. The first kappa shape index (κ1) is 17.6. The zero-order valence-corrected chi connectivity index (χ0v) is 16.4. The molecule has 0 spiro atoms. The fourth-order valence-electron chi connectivity index (χ4n) is 3.45. The lowest BCUT2D eigenvalue weighted by Crippen LogP contribution is -2.03. The van der Waals surface area contributed by atoms with E-state index in [0.717, 1.165) is 39.8 Å². The van der Waals surface area contributed by atoms with Crippen molar-refractivity contribution >= 4 is 28.5 Å². The molecular formula is C22H21ClN4. The van der Waals surface area contributed by atoms with Gasteiger partial charge in [-0.1, -0.05) is 41.4 Å². The average molecular weight is 377 g/mol. The van der Waals surface area contributed by atoms with Crippen molar-refractivity contribution in [2.24, 2.45) is 0 Å². The second-order valence-corrected chi connectivity index (χ2v) is 7.22. The van der Waals surface area contributed by atoms with E-state index in [4.69, 9.17) is 11.6 Å². The van der Waals surface area contributed by atoms with E-state index < -0.39 is 0 Å². The Hall–Kier alpha value is -2.85. The molecule has 2 aromatic carbocycles. The third-order valence-corrected chi connectivity index (χ3v) is 5.17. The lowest BCUT2D eigenvalue weighted by atomic mass is 10.1. The largest absolute Gasteiger partial charge is 0.365 e. The predicted octanol–water partition coefficient (Wildman–Crippen LogP) is 5.61. The molecule has 0 atom stereocenters. The lowest BCUT2D eigenvalue weighted by molar-refractivity contribution is 1.01. The Morgan fingerprint density at radius 3 is 2.52 bits per heavy atom. The summed E-state index contributed by atoms with van der Waals surface area (Å²) < 4.78 is 2.15. The van der Waals surface area contributed by atoms with Crippen molar-refractivity contribution in [1.29, 1.82) is 0 Å². The molecule has 0 aliphatic rings. The van der Waals surface area contributed by atoms with Gasteiger partial charge in [0, 0.05) is 22.9 Å². The van der Waals surface area contributed by atoms with Crippen LogP contribution in [0.2, 0.25) is 5.02 Å². The quantitative estimate of drug-likeness (QED) is 0.503. The normalized spacial score (nSPS) is 11.1. The maximum atomic E-state index is 6.05. The fraction of sp³-hybridized carbons (Fsp3) is 0.182. The lowest BCUT2D eigenvalue weighted by Gasteiger charge is -2.09. The summed E-state index contributed by atoms with van der Waals surface area (Å²) in [6.07, 6.45) is 1.62. The minimum absolute atomic E-state index is 0.721. The number of halogens is 1. The number of rotatable bonds is 4. The summed E-state index contributed by atoms with van der Waals surface area (Å²) in [6, 6.07) is 16.3. The number of nitrogens with one attached hydrogen (secondary N) is 1. The van der Waals surface area contributed by atoms with E-state index in [1.165, 1.54) is 16.7 Å². The van der Waals surface area contributed by atoms with Gasteiger partial charge >= 0.3 is 0 Å². The highest BCUT2D eigenvalue weighted by Crippen LogP contribution is 2.31. The molecule has 27 heavy (non-hydrogen) atoms. The Morgan fingerprint density at radius 1 is 1.00 bits per heavy atom. The second-order valence-electron chi connectivity index (χ2n) is 6.79. The molecular weight excluding hydrogens is 356 g/mol. The van der Waals surface area contributed by atoms with Gasteiger partial charge in [0.05, 0.1) is 5.39 Å². The molecule has 0 aliphatic carbocycles. The van der Waals surface area contributed by atoms with Gasteiger partial charge in [0.1, 0.15) is 12.1 Å². The fourth-order valence-corrected chi connectivity index (χ4v) is 3.57. The predicted molar refractivity (Wildman–Crippen MR) is 112 cm³/mol. The molecule has 0 radical (unpaired) electrons. The molecule has 0 saturated heterocycles. The molecule has 0 bridgehead atoms. The topological polar surface area (TPSA) is 42.7 Å². The molecule has 4 nitrogen and oxygen atoms in total. The number of aromatic nitrogens is 3. The van der Waals surface area contributed by atoms with Crippen LogP contribution in [0, 0.1) is 20.8 Å². The monoisotopic (exact) mass is 376 g/mol. The van der Waals surface area contributed by atoms with Crippen LogP contribution in [0.15, 0.2) is 54.9 Å². The zero-order chi connectivity index (χ0) is 19.0. The first-order valence-corrected chi connectivity index (χ1v) is 9.30. The third kappa shape index (κ3) is 3.28. The summed E-state index contributed by atoms with van der Waals surface area (Å²) in [4.78, 5) is 9.08. The van der Waals surface area contributed by atoms with Gasteiger partial charge in [0.15, 0.2) is 5.65 Å². The number of aryl methyl sites for hydroxylation is 2. The highest BCUT2D eigenvalue weighted by molar-refractivity contribution is 6.30. The average Bonchev–Trinajstić information content (AvgIpc) is 2.92. The van der Waals surface area contributed by atoms with Gasteiger partial charge in [-0.2, -0.15) is 0 Å². The molecule has 4 rings (SSSR count). The van der Waals surface area contributed by atoms with Crippen LogP contribution in [0.3, 0.4) is 0 Å². The Labute approximate surface area is 163 Å². The van der Waals surface area contributed by atoms with Gasteiger partial charge < -0.3 is 5.32 Å². The van der Waals surface area contributed by atoms with Crippen molar-refractivity contribution < 1.29 is 0 Å². The van der Waals surface area contributed by atoms with Gasteiger partial charge in [-0.15, -0.1) is 0 Å². The molecule has 136 valence electrons. The van der Waals surface area contributed by atoms with E-state index in [1.54, 1.807) is 6.33 Å². The van der Waals surface area contributed by atoms with Crippen LogP contribution in [0.5, 0.6) is 0 Å². The van der Waals surface area contributed by atoms with E-state index >= 15 is 0 Å². The summed E-state index contributed by atoms with van der Waals surface area (Å²) in [6.45, 7) is 7.05. The minimum atomic E-state index is 0.721. The van der Waals surface area contributed by atoms with Crippen LogP contribution >= 0.6 is 11.6 Å². The Balaban J connectivity index is 1.77. The number of fused-ring (bicyclic) bond motifs is 1. The molecule has 0 unspecified atom stereocenters.